The van der Waals surface area contributed by atoms with Crippen LogP contribution in [0.2, 0.25) is 0 Å². The molecule has 9 heteroatoms. The van der Waals surface area contributed by atoms with Crippen molar-refractivity contribution >= 4 is 29.2 Å². The first-order valence-electron chi connectivity index (χ1n) is 10.4. The number of ether oxygens (including phenoxy) is 1. The zero-order valence-electron chi connectivity index (χ0n) is 18.4. The number of nitrogens with zero attached hydrogens (tertiary/aromatic N) is 3. The number of fused-ring (bicyclic) bond motifs is 1. The molecular formula is C22H29N5O3S. The fourth-order valence-electron chi connectivity index (χ4n) is 3.43. The van der Waals surface area contributed by atoms with Crippen LogP contribution in [0.25, 0.3) is 0 Å². The zero-order chi connectivity index (χ0) is 22.4. The van der Waals surface area contributed by atoms with Gasteiger partial charge in [0.15, 0.2) is 5.96 Å². The van der Waals surface area contributed by atoms with Crippen molar-refractivity contribution in [2.45, 2.75) is 39.8 Å². The van der Waals surface area contributed by atoms with Crippen LogP contribution in [-0.4, -0.2) is 54.5 Å². The lowest BCUT2D eigenvalue weighted by Gasteiger charge is -2.29. The first kappa shape index (κ1) is 22.7. The molecule has 166 valence electrons. The molecule has 31 heavy (non-hydrogen) atoms. The number of guanidine groups is 1. The third-order valence-electron chi connectivity index (χ3n) is 5.11. The maximum atomic E-state index is 12.7. The van der Waals surface area contributed by atoms with E-state index in [1.165, 1.54) is 22.5 Å². The lowest BCUT2D eigenvalue weighted by Crippen LogP contribution is -2.46. The van der Waals surface area contributed by atoms with E-state index in [1.807, 2.05) is 24.0 Å². The molecular weight excluding hydrogens is 414 g/mol. The average Bonchev–Trinajstić information content (AvgIpc) is 3.18. The number of aryl methyl sites for hydroxylation is 1. The Morgan fingerprint density at radius 2 is 2.06 bits per heavy atom. The minimum absolute atomic E-state index is 0.0276. The maximum Gasteiger partial charge on any atom is 0.350 e. The molecule has 1 unspecified atom stereocenters. The summed E-state index contributed by atoms with van der Waals surface area (Å²) in [5.74, 6) is 0.177. The molecule has 0 bridgehead atoms. The summed E-state index contributed by atoms with van der Waals surface area (Å²) in [5.41, 5.74) is 3.16. The molecule has 3 rings (SSSR count). The lowest BCUT2D eigenvalue weighted by atomic mass is 10.00. The summed E-state index contributed by atoms with van der Waals surface area (Å²) in [7, 11) is 1.65. The van der Waals surface area contributed by atoms with E-state index in [0.29, 0.717) is 29.7 Å². The van der Waals surface area contributed by atoms with E-state index < -0.39 is 0 Å². The largest absolute Gasteiger partial charge is 0.462 e. The van der Waals surface area contributed by atoms with E-state index in [2.05, 4.69) is 32.7 Å². The molecule has 0 saturated heterocycles. The molecule has 0 spiro atoms. The molecule has 0 fully saturated rings. The number of hydrogen-bond acceptors (Lipinski definition) is 6. The monoisotopic (exact) mass is 443 g/mol. The summed E-state index contributed by atoms with van der Waals surface area (Å²) in [6.45, 7) is 7.33. The van der Waals surface area contributed by atoms with Crippen molar-refractivity contribution in [1.82, 2.24) is 20.5 Å². The molecule has 0 saturated carbocycles. The Bertz CT molecular complexity index is 972. The third-order valence-corrected chi connectivity index (χ3v) is 6.43. The Labute approximate surface area is 186 Å². The van der Waals surface area contributed by atoms with Gasteiger partial charge in [-0.1, -0.05) is 24.3 Å². The van der Waals surface area contributed by atoms with Gasteiger partial charge in [-0.15, -0.1) is 11.3 Å². The van der Waals surface area contributed by atoms with Crippen molar-refractivity contribution in [2.75, 3.05) is 26.7 Å². The molecule has 1 aliphatic rings. The molecule has 1 aliphatic heterocycles. The Morgan fingerprint density at radius 1 is 1.32 bits per heavy atom. The number of amides is 1. The number of esters is 1. The van der Waals surface area contributed by atoms with Gasteiger partial charge in [-0.3, -0.25) is 9.79 Å². The number of carbonyl (C=O) groups is 2. The van der Waals surface area contributed by atoms with E-state index in [-0.39, 0.29) is 24.5 Å². The van der Waals surface area contributed by atoms with E-state index in [0.717, 1.165) is 18.0 Å². The predicted octanol–water partition coefficient (Wildman–Crippen LogP) is 2.44. The van der Waals surface area contributed by atoms with Crippen molar-refractivity contribution in [3.05, 3.63) is 51.0 Å². The van der Waals surface area contributed by atoms with Crippen LogP contribution >= 0.6 is 11.3 Å². The van der Waals surface area contributed by atoms with E-state index in [4.69, 9.17) is 4.74 Å². The number of aliphatic imine (C=N–C) groups is 1. The van der Waals surface area contributed by atoms with Crippen molar-refractivity contribution in [3.63, 3.8) is 0 Å². The molecule has 1 atom stereocenters. The van der Waals surface area contributed by atoms with Crippen LogP contribution in [0.4, 0.5) is 0 Å². The molecule has 1 aromatic carbocycles. The van der Waals surface area contributed by atoms with Gasteiger partial charge in [-0.25, -0.2) is 9.78 Å². The highest BCUT2D eigenvalue weighted by atomic mass is 32.1. The van der Waals surface area contributed by atoms with Crippen molar-refractivity contribution < 1.29 is 14.3 Å². The Balaban J connectivity index is 1.54. The first-order chi connectivity index (χ1) is 14.9. The second-order valence-corrected chi connectivity index (χ2v) is 8.34. The number of hydrogen-bond donors (Lipinski definition) is 2. The standard InChI is InChI=1S/C22H29N5O3S/c1-5-30-21(29)19-14(2)25-20(31-19)15(3)26-22(23-4)24-12-18(28)27-11-10-16-8-6-7-9-17(16)13-27/h6-9,15H,5,10-13H2,1-4H3,(H2,23,24,26). The Hall–Kier alpha value is -2.94. The summed E-state index contributed by atoms with van der Waals surface area (Å²) in [4.78, 5) is 35.8. The summed E-state index contributed by atoms with van der Waals surface area (Å²) in [6.07, 6.45) is 0.873. The number of thiazole rings is 1. The Morgan fingerprint density at radius 3 is 2.77 bits per heavy atom. The summed E-state index contributed by atoms with van der Waals surface area (Å²) < 4.78 is 5.08. The quantitative estimate of drug-likeness (QED) is 0.404. The van der Waals surface area contributed by atoms with Crippen molar-refractivity contribution in [3.8, 4) is 0 Å². The van der Waals surface area contributed by atoms with Gasteiger partial charge in [0, 0.05) is 20.1 Å². The molecule has 0 radical (unpaired) electrons. The maximum absolute atomic E-state index is 12.7. The minimum atomic E-state index is -0.354. The smallest absolute Gasteiger partial charge is 0.350 e. The van der Waals surface area contributed by atoms with Gasteiger partial charge in [0.25, 0.3) is 0 Å². The van der Waals surface area contributed by atoms with Gasteiger partial charge >= 0.3 is 5.97 Å². The van der Waals surface area contributed by atoms with Crippen LogP contribution in [0.3, 0.4) is 0 Å². The number of rotatable bonds is 6. The minimum Gasteiger partial charge on any atom is -0.462 e. The van der Waals surface area contributed by atoms with Gasteiger partial charge in [0.1, 0.15) is 9.88 Å². The van der Waals surface area contributed by atoms with Gasteiger partial charge in [0.2, 0.25) is 5.91 Å². The number of nitrogens with one attached hydrogen (secondary N) is 2. The molecule has 1 amide bonds. The van der Waals surface area contributed by atoms with Gasteiger partial charge in [-0.05, 0) is 38.3 Å². The zero-order valence-corrected chi connectivity index (χ0v) is 19.2. The average molecular weight is 444 g/mol. The Kier molecular flexibility index (Phi) is 7.62. The lowest BCUT2D eigenvalue weighted by molar-refractivity contribution is -0.130. The highest BCUT2D eigenvalue weighted by molar-refractivity contribution is 7.13. The van der Waals surface area contributed by atoms with Crippen LogP contribution < -0.4 is 10.6 Å². The van der Waals surface area contributed by atoms with Gasteiger partial charge in [-0.2, -0.15) is 0 Å². The van der Waals surface area contributed by atoms with Crippen LogP contribution in [0, 0.1) is 6.92 Å². The van der Waals surface area contributed by atoms with Gasteiger partial charge in [0.05, 0.1) is 24.9 Å². The first-order valence-corrected chi connectivity index (χ1v) is 11.2. The van der Waals surface area contributed by atoms with Crippen LogP contribution in [0.15, 0.2) is 29.3 Å². The fraction of sp³-hybridized carbons (Fsp3) is 0.455. The number of carbonyl (C=O) groups excluding carboxylic acids is 2. The summed E-state index contributed by atoms with van der Waals surface area (Å²) in [6, 6.07) is 8.05. The fourth-order valence-corrected chi connectivity index (χ4v) is 4.39. The third kappa shape index (κ3) is 5.61. The predicted molar refractivity (Wildman–Crippen MR) is 121 cm³/mol. The molecule has 0 aliphatic carbocycles. The van der Waals surface area contributed by atoms with Gasteiger partial charge < -0.3 is 20.3 Å². The topological polar surface area (TPSA) is 95.9 Å². The van der Waals surface area contributed by atoms with Crippen LogP contribution in [0.5, 0.6) is 0 Å². The SMILES string of the molecule is CCOC(=O)c1sc(C(C)NC(=NC)NCC(=O)N2CCc3ccccc3C2)nc1C. The summed E-state index contributed by atoms with van der Waals surface area (Å²) >= 11 is 1.30. The summed E-state index contributed by atoms with van der Waals surface area (Å²) in [5, 5.41) is 7.07. The van der Waals surface area contributed by atoms with Crippen LogP contribution in [0.1, 0.15) is 51.4 Å². The number of benzene rings is 1. The number of aromatic nitrogens is 1. The second-order valence-electron chi connectivity index (χ2n) is 7.31. The second kappa shape index (κ2) is 10.4. The highest BCUT2D eigenvalue weighted by Gasteiger charge is 2.22. The highest BCUT2D eigenvalue weighted by Crippen LogP contribution is 2.24. The van der Waals surface area contributed by atoms with Crippen molar-refractivity contribution in [1.29, 1.82) is 0 Å². The molecule has 2 heterocycles. The normalized spacial score (nSPS) is 14.6. The van der Waals surface area contributed by atoms with Crippen molar-refractivity contribution in [2.24, 2.45) is 4.99 Å². The molecule has 2 N–H and O–H groups in total. The molecule has 1 aromatic heterocycles. The van der Waals surface area contributed by atoms with Crippen LogP contribution in [-0.2, 0) is 22.5 Å². The van der Waals surface area contributed by atoms with E-state index in [9.17, 15) is 9.59 Å². The molecule has 2 aromatic rings. The molecule has 8 nitrogen and oxygen atoms in total. The van der Waals surface area contributed by atoms with E-state index in [1.54, 1.807) is 20.9 Å². The van der Waals surface area contributed by atoms with E-state index >= 15 is 0 Å².